The Labute approximate surface area is 196 Å². The molecule has 2 N–H and O–H groups in total. The molecule has 1 atom stereocenters. The number of rotatable bonds is 3. The molecule has 1 aromatic heterocycles. The summed E-state index contributed by atoms with van der Waals surface area (Å²) in [5.41, 5.74) is 1.95. The lowest BCUT2D eigenvalue weighted by atomic mass is 9.85. The Morgan fingerprint density at radius 2 is 1.64 bits per heavy atom. The molecule has 6 nitrogen and oxygen atoms in total. The van der Waals surface area contributed by atoms with Crippen LogP contribution in [0.15, 0.2) is 72.6 Å². The molecular weight excluding hydrogens is 440 g/mol. The molecule has 1 aliphatic heterocycles. The van der Waals surface area contributed by atoms with E-state index in [-0.39, 0.29) is 28.2 Å². The minimum Gasteiger partial charge on any atom is -0.507 e. The van der Waals surface area contributed by atoms with Crippen molar-refractivity contribution in [1.82, 2.24) is 4.98 Å². The van der Waals surface area contributed by atoms with Crippen molar-refractivity contribution in [3.8, 4) is 5.75 Å². The molecule has 1 aliphatic rings. The van der Waals surface area contributed by atoms with Crippen LogP contribution in [0.2, 0.25) is 5.02 Å². The number of halogens is 1. The van der Waals surface area contributed by atoms with Gasteiger partial charge in [0.2, 0.25) is 0 Å². The molecule has 0 bridgehead atoms. The van der Waals surface area contributed by atoms with Crippen molar-refractivity contribution in [1.29, 1.82) is 0 Å². The van der Waals surface area contributed by atoms with Gasteiger partial charge in [-0.1, -0.05) is 56.6 Å². The highest BCUT2D eigenvalue weighted by atomic mass is 35.5. The Bertz CT molecular complexity index is 1260. The van der Waals surface area contributed by atoms with Crippen LogP contribution in [0.3, 0.4) is 0 Å². The molecule has 33 heavy (non-hydrogen) atoms. The molecule has 1 fully saturated rings. The molecule has 0 aliphatic carbocycles. The number of aromatic nitrogens is 1. The molecule has 4 rings (SSSR count). The number of carbonyl (C=O) groups is 2. The van der Waals surface area contributed by atoms with E-state index < -0.39 is 17.7 Å². The van der Waals surface area contributed by atoms with E-state index in [1.54, 1.807) is 12.1 Å². The van der Waals surface area contributed by atoms with Crippen molar-refractivity contribution in [2.45, 2.75) is 32.2 Å². The summed E-state index contributed by atoms with van der Waals surface area (Å²) in [7, 11) is 0. The number of benzene rings is 2. The number of ketones is 1. The zero-order chi connectivity index (χ0) is 23.9. The first-order chi connectivity index (χ1) is 15.6. The SMILES string of the molecule is CC(C)(C)c1ccc(C2/C(=C(\O)c3ccncc3)C(=O)C(=O)N2c2cc(Cl)ccc2O)cc1. The number of phenols is 1. The highest BCUT2D eigenvalue weighted by molar-refractivity contribution is 6.52. The minimum absolute atomic E-state index is 0.0749. The van der Waals surface area contributed by atoms with Crippen molar-refractivity contribution in [2.24, 2.45) is 0 Å². The topological polar surface area (TPSA) is 90.7 Å². The van der Waals surface area contributed by atoms with Crippen LogP contribution in [0.1, 0.15) is 43.5 Å². The van der Waals surface area contributed by atoms with Crippen molar-refractivity contribution in [3.05, 3.63) is 94.3 Å². The van der Waals surface area contributed by atoms with Crippen molar-refractivity contribution < 1.29 is 19.8 Å². The van der Waals surface area contributed by atoms with Crippen LogP contribution in [0.4, 0.5) is 5.69 Å². The number of carbonyl (C=O) groups excluding carboxylic acids is 2. The summed E-state index contributed by atoms with van der Waals surface area (Å²) < 4.78 is 0. The lowest BCUT2D eigenvalue weighted by molar-refractivity contribution is -0.132. The summed E-state index contributed by atoms with van der Waals surface area (Å²) in [5, 5.41) is 21.9. The second kappa shape index (κ2) is 8.37. The average Bonchev–Trinajstić information content (AvgIpc) is 3.05. The van der Waals surface area contributed by atoms with Crippen LogP contribution in [-0.2, 0) is 15.0 Å². The number of aromatic hydroxyl groups is 1. The number of amides is 1. The molecule has 2 heterocycles. The number of aliphatic hydroxyl groups excluding tert-OH is 1. The molecule has 1 unspecified atom stereocenters. The fraction of sp³-hybridized carbons (Fsp3) is 0.192. The Morgan fingerprint density at radius 1 is 1.00 bits per heavy atom. The smallest absolute Gasteiger partial charge is 0.300 e. The van der Waals surface area contributed by atoms with Crippen LogP contribution in [0, 0.1) is 0 Å². The van der Waals surface area contributed by atoms with Crippen molar-refractivity contribution in [3.63, 3.8) is 0 Å². The first-order valence-electron chi connectivity index (χ1n) is 10.4. The molecule has 1 amide bonds. The molecule has 168 valence electrons. The van der Waals surface area contributed by atoms with Gasteiger partial charge in [-0.15, -0.1) is 0 Å². The zero-order valence-electron chi connectivity index (χ0n) is 18.4. The van der Waals surface area contributed by atoms with Gasteiger partial charge in [0.1, 0.15) is 11.5 Å². The molecule has 2 aromatic carbocycles. The van der Waals surface area contributed by atoms with E-state index in [9.17, 15) is 19.8 Å². The number of anilines is 1. The first kappa shape index (κ1) is 22.6. The lowest BCUT2D eigenvalue weighted by Crippen LogP contribution is -2.29. The zero-order valence-corrected chi connectivity index (χ0v) is 19.2. The van der Waals surface area contributed by atoms with E-state index >= 15 is 0 Å². The second-order valence-electron chi connectivity index (χ2n) is 8.91. The summed E-state index contributed by atoms with van der Waals surface area (Å²) >= 11 is 6.14. The summed E-state index contributed by atoms with van der Waals surface area (Å²) in [4.78, 5) is 31.5. The summed E-state index contributed by atoms with van der Waals surface area (Å²) in [6, 6.07) is 13.9. The quantitative estimate of drug-likeness (QED) is 0.310. The van der Waals surface area contributed by atoms with Gasteiger partial charge in [0.25, 0.3) is 11.7 Å². The van der Waals surface area contributed by atoms with E-state index in [2.05, 4.69) is 25.8 Å². The normalized spacial score (nSPS) is 18.1. The monoisotopic (exact) mass is 462 g/mol. The molecule has 0 radical (unpaired) electrons. The summed E-state index contributed by atoms with van der Waals surface area (Å²) in [5.74, 6) is -2.24. The van der Waals surface area contributed by atoms with Crippen molar-refractivity contribution in [2.75, 3.05) is 4.90 Å². The number of hydrogen-bond acceptors (Lipinski definition) is 5. The molecule has 3 aromatic rings. The molecule has 7 heteroatoms. The fourth-order valence-electron chi connectivity index (χ4n) is 3.92. The van der Waals surface area contributed by atoms with Crippen LogP contribution in [0.25, 0.3) is 5.76 Å². The maximum Gasteiger partial charge on any atom is 0.300 e. The maximum atomic E-state index is 13.2. The van der Waals surface area contributed by atoms with Crippen LogP contribution in [-0.4, -0.2) is 26.9 Å². The largest absolute Gasteiger partial charge is 0.507 e. The molecule has 1 saturated heterocycles. The Hall–Kier alpha value is -3.64. The van der Waals surface area contributed by atoms with Crippen LogP contribution in [0.5, 0.6) is 5.75 Å². The van der Waals surface area contributed by atoms with E-state index in [0.717, 1.165) is 5.56 Å². The lowest BCUT2D eigenvalue weighted by Gasteiger charge is -2.27. The average molecular weight is 463 g/mol. The van der Waals surface area contributed by atoms with E-state index in [0.29, 0.717) is 16.1 Å². The molecular formula is C26H23ClN2O4. The third-order valence-electron chi connectivity index (χ3n) is 5.69. The number of hydrogen-bond donors (Lipinski definition) is 2. The van der Waals surface area contributed by atoms with Crippen molar-refractivity contribution >= 4 is 34.7 Å². The van der Waals surface area contributed by atoms with Gasteiger partial charge in [-0.3, -0.25) is 19.5 Å². The second-order valence-corrected chi connectivity index (χ2v) is 9.35. The predicted molar refractivity (Wildman–Crippen MR) is 127 cm³/mol. The van der Waals surface area contributed by atoms with Crippen LogP contribution < -0.4 is 4.90 Å². The number of Topliss-reactive ketones (excluding diaryl/α,β-unsaturated/α-hetero) is 1. The Balaban J connectivity index is 1.96. The maximum absolute atomic E-state index is 13.2. The molecule has 0 spiro atoms. The van der Waals surface area contributed by atoms with Crippen LogP contribution >= 0.6 is 11.6 Å². The summed E-state index contributed by atoms with van der Waals surface area (Å²) in [6.07, 6.45) is 2.97. The van der Waals surface area contributed by atoms with Gasteiger partial charge in [-0.25, -0.2) is 0 Å². The number of nitrogens with zero attached hydrogens (tertiary/aromatic N) is 2. The highest BCUT2D eigenvalue weighted by Crippen LogP contribution is 2.45. The highest BCUT2D eigenvalue weighted by Gasteiger charge is 2.47. The van der Waals surface area contributed by atoms with Gasteiger partial charge < -0.3 is 10.2 Å². The Kier molecular flexibility index (Phi) is 5.72. The number of pyridine rings is 1. The summed E-state index contributed by atoms with van der Waals surface area (Å²) in [6.45, 7) is 6.25. The van der Waals surface area contributed by atoms with Gasteiger partial charge >= 0.3 is 0 Å². The standard InChI is InChI=1S/C26H23ClN2O4/c1-26(2,3)17-6-4-15(5-7-17)22-21(23(31)16-10-12-28-13-11-16)24(32)25(33)29(22)19-14-18(27)8-9-20(19)30/h4-14,22,30-31H,1-3H3/b23-21+. The van der Waals surface area contributed by atoms with Gasteiger partial charge in [-0.05, 0) is 46.9 Å². The first-order valence-corrected chi connectivity index (χ1v) is 10.8. The van der Waals surface area contributed by atoms with E-state index in [1.165, 1.54) is 35.5 Å². The van der Waals surface area contributed by atoms with Gasteiger partial charge in [0.05, 0.1) is 17.3 Å². The Morgan fingerprint density at radius 3 is 2.24 bits per heavy atom. The van der Waals surface area contributed by atoms with Gasteiger partial charge in [-0.2, -0.15) is 0 Å². The van der Waals surface area contributed by atoms with Gasteiger partial charge in [0, 0.05) is 23.0 Å². The van der Waals surface area contributed by atoms with E-state index in [4.69, 9.17) is 11.6 Å². The predicted octanol–water partition coefficient (Wildman–Crippen LogP) is 5.36. The third-order valence-corrected chi connectivity index (χ3v) is 5.92. The number of phenolic OH excluding ortho intramolecular Hbond substituents is 1. The third kappa shape index (κ3) is 4.10. The number of aliphatic hydroxyl groups is 1. The van der Waals surface area contributed by atoms with Gasteiger partial charge in [0.15, 0.2) is 0 Å². The van der Waals surface area contributed by atoms with E-state index in [1.807, 2.05) is 24.3 Å². The molecule has 0 saturated carbocycles. The fourth-order valence-corrected chi connectivity index (χ4v) is 4.08. The minimum atomic E-state index is -0.962.